The van der Waals surface area contributed by atoms with Crippen LogP contribution in [0.3, 0.4) is 0 Å². The molecule has 0 saturated heterocycles. The molecule has 1 amide bonds. The maximum absolute atomic E-state index is 14.8. The molecule has 1 aliphatic heterocycles. The fraction of sp³-hybridized carbons (Fsp3) is 0.227. The number of nitrogens with zero attached hydrogens (tertiary/aromatic N) is 3. The number of hydrogen-bond donors (Lipinski definition) is 2. The van der Waals surface area contributed by atoms with Gasteiger partial charge in [-0.05, 0) is 29.7 Å². The van der Waals surface area contributed by atoms with Crippen molar-refractivity contribution in [3.8, 4) is 0 Å². The van der Waals surface area contributed by atoms with E-state index < -0.39 is 11.9 Å². The number of aromatic nitrogens is 3. The van der Waals surface area contributed by atoms with Crippen LogP contribution < -0.4 is 10.6 Å². The van der Waals surface area contributed by atoms with Crippen LogP contribution in [0.1, 0.15) is 37.4 Å². The first-order chi connectivity index (χ1) is 14.4. The van der Waals surface area contributed by atoms with E-state index in [0.29, 0.717) is 17.9 Å². The molecule has 4 rings (SSSR count). The number of allylic oxidation sites excluding steroid dienone is 1. The van der Waals surface area contributed by atoms with Crippen LogP contribution in [0.4, 0.5) is 16.3 Å². The summed E-state index contributed by atoms with van der Waals surface area (Å²) >= 11 is 6.35. The molecule has 0 aliphatic carbocycles. The molecule has 1 atom stereocenters. The van der Waals surface area contributed by atoms with Crippen LogP contribution in [0.2, 0.25) is 5.02 Å². The third kappa shape index (κ3) is 4.07. The normalized spacial score (nSPS) is 15.4. The van der Waals surface area contributed by atoms with Crippen molar-refractivity contribution in [2.45, 2.75) is 26.3 Å². The predicted octanol–water partition coefficient (Wildman–Crippen LogP) is 5.11. The summed E-state index contributed by atoms with van der Waals surface area (Å²) in [5, 5.41) is 10.6. The molecular weight excluding hydrogens is 405 g/mol. The van der Waals surface area contributed by atoms with Crippen LogP contribution in [0.25, 0.3) is 5.70 Å². The van der Waals surface area contributed by atoms with Crippen molar-refractivity contribution in [2.75, 3.05) is 10.6 Å². The summed E-state index contributed by atoms with van der Waals surface area (Å²) in [6.45, 7) is 3.91. The molecule has 154 valence electrons. The first-order valence-electron chi connectivity index (χ1n) is 9.67. The number of anilines is 2. The Kier molecular flexibility index (Phi) is 5.55. The molecule has 8 heteroatoms. The van der Waals surface area contributed by atoms with Crippen molar-refractivity contribution < 1.29 is 9.18 Å². The highest BCUT2D eigenvalue weighted by Crippen LogP contribution is 2.37. The number of carbonyl (C=O) groups is 1. The number of halogens is 2. The SMILES string of the molecule is CC(C)CC(=O)Nc1nc2n(n1)C(c1c(F)cccc1Cl)C=C(c1ccccc1)N2. The van der Waals surface area contributed by atoms with Gasteiger partial charge in [-0.25, -0.2) is 9.07 Å². The van der Waals surface area contributed by atoms with Crippen LogP contribution in [0.15, 0.2) is 54.6 Å². The van der Waals surface area contributed by atoms with Gasteiger partial charge in [0.1, 0.15) is 11.9 Å². The van der Waals surface area contributed by atoms with Gasteiger partial charge in [-0.3, -0.25) is 10.1 Å². The van der Waals surface area contributed by atoms with Crippen LogP contribution >= 0.6 is 11.6 Å². The zero-order valence-electron chi connectivity index (χ0n) is 16.6. The van der Waals surface area contributed by atoms with Gasteiger partial charge in [0.15, 0.2) is 0 Å². The zero-order chi connectivity index (χ0) is 21.3. The fourth-order valence-electron chi connectivity index (χ4n) is 3.38. The minimum atomic E-state index is -0.631. The molecule has 1 unspecified atom stereocenters. The highest BCUT2D eigenvalue weighted by molar-refractivity contribution is 6.31. The number of benzene rings is 2. The van der Waals surface area contributed by atoms with Crippen molar-refractivity contribution in [1.82, 2.24) is 14.8 Å². The molecule has 0 radical (unpaired) electrons. The highest BCUT2D eigenvalue weighted by atomic mass is 35.5. The van der Waals surface area contributed by atoms with Crippen LogP contribution in [-0.4, -0.2) is 20.7 Å². The summed E-state index contributed by atoms with van der Waals surface area (Å²) in [7, 11) is 0. The second-order valence-corrected chi connectivity index (χ2v) is 7.91. The van der Waals surface area contributed by atoms with Crippen LogP contribution in [0, 0.1) is 11.7 Å². The average molecular weight is 426 g/mol. The highest BCUT2D eigenvalue weighted by Gasteiger charge is 2.29. The quantitative estimate of drug-likeness (QED) is 0.595. The molecule has 0 saturated carbocycles. The van der Waals surface area contributed by atoms with Crippen LogP contribution in [0.5, 0.6) is 0 Å². The largest absolute Gasteiger partial charge is 0.324 e. The van der Waals surface area contributed by atoms with Gasteiger partial charge in [0.05, 0.1) is 0 Å². The number of amides is 1. The van der Waals surface area contributed by atoms with E-state index in [1.54, 1.807) is 12.1 Å². The van der Waals surface area contributed by atoms with E-state index in [0.717, 1.165) is 11.3 Å². The number of fused-ring (bicyclic) bond motifs is 1. The van der Waals surface area contributed by atoms with Crippen molar-refractivity contribution in [1.29, 1.82) is 0 Å². The zero-order valence-corrected chi connectivity index (χ0v) is 17.3. The smallest absolute Gasteiger partial charge is 0.250 e. The first kappa shape index (κ1) is 20.1. The molecule has 30 heavy (non-hydrogen) atoms. The Balaban J connectivity index is 1.77. The topological polar surface area (TPSA) is 71.8 Å². The molecule has 2 N–H and O–H groups in total. The van der Waals surface area contributed by atoms with E-state index in [1.807, 2.05) is 50.3 Å². The Bertz CT molecular complexity index is 1090. The monoisotopic (exact) mass is 425 g/mol. The molecule has 1 aromatic heterocycles. The second kappa shape index (κ2) is 8.28. The molecular formula is C22H21ClFN5O. The summed E-state index contributed by atoms with van der Waals surface area (Å²) < 4.78 is 16.3. The Hall–Kier alpha value is -3.19. The summed E-state index contributed by atoms with van der Waals surface area (Å²) in [4.78, 5) is 16.6. The number of hydrogen-bond acceptors (Lipinski definition) is 4. The van der Waals surface area contributed by atoms with E-state index in [9.17, 15) is 9.18 Å². The molecule has 2 aromatic carbocycles. The Morgan fingerprint density at radius 1 is 1.23 bits per heavy atom. The first-order valence-corrected chi connectivity index (χ1v) is 10.0. The number of carbonyl (C=O) groups excluding carboxylic acids is 1. The molecule has 1 aliphatic rings. The molecule has 0 spiro atoms. The van der Waals surface area contributed by atoms with Crippen molar-refractivity contribution >= 4 is 35.1 Å². The van der Waals surface area contributed by atoms with E-state index in [1.165, 1.54) is 10.7 Å². The predicted molar refractivity (Wildman–Crippen MR) is 116 cm³/mol. The lowest BCUT2D eigenvalue weighted by Crippen LogP contribution is -2.21. The third-order valence-electron chi connectivity index (χ3n) is 4.69. The van der Waals surface area contributed by atoms with E-state index in [2.05, 4.69) is 20.7 Å². The lowest BCUT2D eigenvalue weighted by atomic mass is 10.0. The Labute approximate surface area is 178 Å². The molecule has 0 fully saturated rings. The molecule has 6 nitrogen and oxygen atoms in total. The van der Waals surface area contributed by atoms with Crippen LogP contribution in [-0.2, 0) is 4.79 Å². The number of nitrogens with one attached hydrogen (secondary N) is 2. The maximum atomic E-state index is 14.8. The summed E-state index contributed by atoms with van der Waals surface area (Å²) in [5.41, 5.74) is 1.95. The van der Waals surface area contributed by atoms with Gasteiger partial charge in [-0.2, -0.15) is 4.98 Å². The lowest BCUT2D eigenvalue weighted by molar-refractivity contribution is -0.116. The number of rotatable bonds is 5. The van der Waals surface area contributed by atoms with Gasteiger partial charge in [-0.15, -0.1) is 5.10 Å². The van der Waals surface area contributed by atoms with Crippen molar-refractivity contribution in [3.63, 3.8) is 0 Å². The minimum absolute atomic E-state index is 0.156. The van der Waals surface area contributed by atoms with Gasteiger partial charge in [0, 0.05) is 22.7 Å². The molecule has 0 bridgehead atoms. The van der Waals surface area contributed by atoms with E-state index in [4.69, 9.17) is 11.6 Å². The third-order valence-corrected chi connectivity index (χ3v) is 5.02. The summed E-state index contributed by atoms with van der Waals surface area (Å²) in [6, 6.07) is 13.6. The second-order valence-electron chi connectivity index (χ2n) is 7.50. The molecule has 2 heterocycles. The van der Waals surface area contributed by atoms with Crippen molar-refractivity contribution in [3.05, 3.63) is 76.6 Å². The Morgan fingerprint density at radius 3 is 2.70 bits per heavy atom. The minimum Gasteiger partial charge on any atom is -0.324 e. The summed E-state index contributed by atoms with van der Waals surface area (Å²) in [5.74, 6) is 0.134. The van der Waals surface area contributed by atoms with Gasteiger partial charge in [0.2, 0.25) is 11.9 Å². The van der Waals surface area contributed by atoms with Gasteiger partial charge in [0.25, 0.3) is 5.95 Å². The Morgan fingerprint density at radius 2 is 2.00 bits per heavy atom. The van der Waals surface area contributed by atoms with E-state index in [-0.39, 0.29) is 22.8 Å². The average Bonchev–Trinajstić information content (AvgIpc) is 3.10. The fourth-order valence-corrected chi connectivity index (χ4v) is 3.65. The standard InChI is InChI=1S/C22H21ClFN5O/c1-13(2)11-19(30)26-21-27-22-25-17(14-7-4-3-5-8-14)12-18(29(22)28-21)20-15(23)9-6-10-16(20)24/h3-10,12-13,18H,11H2,1-2H3,(H2,25,26,27,28,30). The van der Waals surface area contributed by atoms with Gasteiger partial charge >= 0.3 is 0 Å². The lowest BCUT2D eigenvalue weighted by Gasteiger charge is -2.25. The van der Waals surface area contributed by atoms with Gasteiger partial charge in [-0.1, -0.05) is 61.8 Å². The maximum Gasteiger partial charge on any atom is 0.250 e. The molecule has 3 aromatic rings. The van der Waals surface area contributed by atoms with Gasteiger partial charge < -0.3 is 5.32 Å². The van der Waals surface area contributed by atoms with E-state index >= 15 is 0 Å². The summed E-state index contributed by atoms with van der Waals surface area (Å²) in [6.07, 6.45) is 2.20. The van der Waals surface area contributed by atoms with Crippen molar-refractivity contribution in [2.24, 2.45) is 5.92 Å².